The molecule has 2 aromatic rings. The number of carboxylic acids is 1. The van der Waals surface area contributed by atoms with Gasteiger partial charge in [0.15, 0.2) is 0 Å². The highest BCUT2D eigenvalue weighted by Gasteiger charge is 2.21. The van der Waals surface area contributed by atoms with E-state index in [1.54, 1.807) is 12.1 Å². The summed E-state index contributed by atoms with van der Waals surface area (Å²) in [5.41, 5.74) is 3.69. The molecule has 4 heteroatoms. The number of hydrogen-bond donors (Lipinski definition) is 1. The molecule has 0 radical (unpaired) electrons. The minimum atomic E-state index is -0.905. The third-order valence-corrected chi connectivity index (χ3v) is 3.83. The zero-order valence-electron chi connectivity index (χ0n) is 12.2. The van der Waals surface area contributed by atoms with E-state index in [0.29, 0.717) is 5.56 Å². The first kappa shape index (κ1) is 13.6. The predicted molar refractivity (Wildman–Crippen MR) is 81.6 cm³/mol. The number of aromatic nitrogens is 1. The first-order chi connectivity index (χ1) is 10.0. The van der Waals surface area contributed by atoms with Crippen LogP contribution < -0.4 is 4.90 Å². The van der Waals surface area contributed by atoms with E-state index in [2.05, 4.69) is 22.0 Å². The number of nitrogens with zero attached hydrogens (tertiary/aromatic N) is 2. The van der Waals surface area contributed by atoms with Gasteiger partial charge in [0.1, 0.15) is 5.82 Å². The Labute approximate surface area is 124 Å². The Balaban J connectivity index is 1.98. The van der Waals surface area contributed by atoms with Gasteiger partial charge in [-0.2, -0.15) is 0 Å². The Kier molecular flexibility index (Phi) is 3.37. The smallest absolute Gasteiger partial charge is 0.335 e. The van der Waals surface area contributed by atoms with Gasteiger partial charge in [0.05, 0.1) is 5.56 Å². The van der Waals surface area contributed by atoms with Crippen LogP contribution in [0.5, 0.6) is 0 Å². The number of aromatic carboxylic acids is 1. The number of anilines is 1. The molecule has 1 N–H and O–H groups in total. The molecule has 1 aromatic carbocycles. The molecule has 3 rings (SSSR count). The minimum Gasteiger partial charge on any atom is -0.478 e. The molecule has 1 aliphatic heterocycles. The summed E-state index contributed by atoms with van der Waals surface area (Å²) in [7, 11) is 0. The Bertz CT molecular complexity index is 670. The van der Waals surface area contributed by atoms with Gasteiger partial charge in [-0.3, -0.25) is 0 Å². The fourth-order valence-corrected chi connectivity index (χ4v) is 2.61. The summed E-state index contributed by atoms with van der Waals surface area (Å²) in [5.74, 6) is 0.0417. The van der Waals surface area contributed by atoms with Crippen molar-refractivity contribution < 1.29 is 9.90 Å². The van der Waals surface area contributed by atoms with Crippen molar-refractivity contribution in [2.75, 3.05) is 4.90 Å². The predicted octanol–water partition coefficient (Wildman–Crippen LogP) is 3.42. The first-order valence-corrected chi connectivity index (χ1v) is 7.11. The van der Waals surface area contributed by atoms with Gasteiger partial charge in [0, 0.05) is 18.8 Å². The van der Waals surface area contributed by atoms with Gasteiger partial charge in [-0.1, -0.05) is 38.1 Å². The SMILES string of the molecule is CC(C)c1cc(C(=O)O)cc(N2Cc3ccccc3C2)n1. The number of benzene rings is 1. The van der Waals surface area contributed by atoms with Gasteiger partial charge >= 0.3 is 5.97 Å². The molecule has 4 nitrogen and oxygen atoms in total. The van der Waals surface area contributed by atoms with E-state index >= 15 is 0 Å². The summed E-state index contributed by atoms with van der Waals surface area (Å²) in [6.45, 7) is 5.61. The molecule has 0 amide bonds. The molecule has 108 valence electrons. The van der Waals surface area contributed by atoms with Crippen LogP contribution in [0.15, 0.2) is 36.4 Å². The highest BCUT2D eigenvalue weighted by molar-refractivity contribution is 5.88. The lowest BCUT2D eigenvalue weighted by Crippen LogP contribution is -2.18. The number of carbonyl (C=O) groups is 1. The molecule has 2 heterocycles. The van der Waals surface area contributed by atoms with Crippen LogP contribution in [0, 0.1) is 0 Å². The summed E-state index contributed by atoms with van der Waals surface area (Å²) in [4.78, 5) is 18.1. The first-order valence-electron chi connectivity index (χ1n) is 7.11. The summed E-state index contributed by atoms with van der Waals surface area (Å²) in [5, 5.41) is 9.29. The average molecular weight is 282 g/mol. The van der Waals surface area contributed by atoms with Crippen molar-refractivity contribution in [1.29, 1.82) is 0 Å². The third-order valence-electron chi connectivity index (χ3n) is 3.83. The van der Waals surface area contributed by atoms with E-state index in [1.807, 2.05) is 26.0 Å². The van der Waals surface area contributed by atoms with E-state index in [9.17, 15) is 9.90 Å². The van der Waals surface area contributed by atoms with Crippen molar-refractivity contribution in [1.82, 2.24) is 4.98 Å². The lowest BCUT2D eigenvalue weighted by molar-refractivity contribution is 0.0696. The number of fused-ring (bicyclic) bond motifs is 1. The van der Waals surface area contributed by atoms with Crippen molar-refractivity contribution in [3.05, 3.63) is 58.8 Å². The third kappa shape index (κ3) is 2.61. The van der Waals surface area contributed by atoms with Gasteiger partial charge in [0.2, 0.25) is 0 Å². The molecule has 0 unspecified atom stereocenters. The van der Waals surface area contributed by atoms with Crippen LogP contribution in [-0.2, 0) is 13.1 Å². The minimum absolute atomic E-state index is 0.202. The Morgan fingerprint density at radius 2 is 1.81 bits per heavy atom. The Hall–Kier alpha value is -2.36. The molecular formula is C17H18N2O2. The van der Waals surface area contributed by atoms with Crippen molar-refractivity contribution >= 4 is 11.8 Å². The van der Waals surface area contributed by atoms with Crippen LogP contribution in [0.2, 0.25) is 0 Å². The number of pyridine rings is 1. The van der Waals surface area contributed by atoms with Crippen molar-refractivity contribution in [2.24, 2.45) is 0 Å². The quantitative estimate of drug-likeness (QED) is 0.937. The fraction of sp³-hybridized carbons (Fsp3) is 0.294. The molecule has 0 saturated heterocycles. The molecule has 0 spiro atoms. The highest BCUT2D eigenvalue weighted by atomic mass is 16.4. The second-order valence-corrected chi connectivity index (χ2v) is 5.72. The van der Waals surface area contributed by atoms with E-state index in [0.717, 1.165) is 24.6 Å². The molecular weight excluding hydrogens is 264 g/mol. The maximum absolute atomic E-state index is 11.3. The largest absolute Gasteiger partial charge is 0.478 e. The molecule has 0 fully saturated rings. The van der Waals surface area contributed by atoms with Crippen LogP contribution in [0.25, 0.3) is 0 Å². The van der Waals surface area contributed by atoms with Crippen LogP contribution >= 0.6 is 0 Å². The van der Waals surface area contributed by atoms with Crippen LogP contribution in [-0.4, -0.2) is 16.1 Å². The maximum Gasteiger partial charge on any atom is 0.335 e. The maximum atomic E-state index is 11.3. The zero-order chi connectivity index (χ0) is 15.0. The van der Waals surface area contributed by atoms with Gasteiger partial charge in [0.25, 0.3) is 0 Å². The summed E-state index contributed by atoms with van der Waals surface area (Å²) < 4.78 is 0. The van der Waals surface area contributed by atoms with Crippen molar-refractivity contribution in [2.45, 2.75) is 32.9 Å². The summed E-state index contributed by atoms with van der Waals surface area (Å²) in [6, 6.07) is 11.6. The van der Waals surface area contributed by atoms with Gasteiger partial charge < -0.3 is 10.0 Å². The number of hydrogen-bond acceptors (Lipinski definition) is 3. The second-order valence-electron chi connectivity index (χ2n) is 5.72. The fourth-order valence-electron chi connectivity index (χ4n) is 2.61. The van der Waals surface area contributed by atoms with Gasteiger partial charge in [-0.15, -0.1) is 0 Å². The molecule has 0 saturated carbocycles. The number of carboxylic acid groups (broad SMARTS) is 1. The zero-order valence-corrected chi connectivity index (χ0v) is 12.2. The topological polar surface area (TPSA) is 53.4 Å². The Morgan fingerprint density at radius 1 is 1.19 bits per heavy atom. The monoisotopic (exact) mass is 282 g/mol. The van der Waals surface area contributed by atoms with Crippen molar-refractivity contribution in [3.63, 3.8) is 0 Å². The second kappa shape index (κ2) is 5.20. The van der Waals surface area contributed by atoms with Gasteiger partial charge in [-0.05, 0) is 29.2 Å². The normalized spacial score (nSPS) is 13.6. The van der Waals surface area contributed by atoms with Crippen LogP contribution in [0.4, 0.5) is 5.82 Å². The number of rotatable bonds is 3. The van der Waals surface area contributed by atoms with Crippen LogP contribution in [0.1, 0.15) is 46.9 Å². The highest BCUT2D eigenvalue weighted by Crippen LogP contribution is 2.28. The molecule has 1 aromatic heterocycles. The summed E-state index contributed by atoms with van der Waals surface area (Å²) >= 11 is 0. The standard InChI is InChI=1S/C17H18N2O2/c1-11(2)15-7-14(17(20)21)8-16(18-15)19-9-12-5-3-4-6-13(12)10-19/h3-8,11H,9-10H2,1-2H3,(H,20,21). The average Bonchev–Trinajstić information content (AvgIpc) is 2.90. The van der Waals surface area contributed by atoms with E-state index < -0.39 is 5.97 Å². The molecule has 0 atom stereocenters. The van der Waals surface area contributed by atoms with E-state index in [-0.39, 0.29) is 5.92 Å². The molecule has 21 heavy (non-hydrogen) atoms. The van der Waals surface area contributed by atoms with Gasteiger partial charge in [-0.25, -0.2) is 9.78 Å². The summed E-state index contributed by atoms with van der Waals surface area (Å²) in [6.07, 6.45) is 0. The lowest BCUT2D eigenvalue weighted by Gasteiger charge is -2.19. The molecule has 0 bridgehead atoms. The Morgan fingerprint density at radius 3 is 2.33 bits per heavy atom. The van der Waals surface area contributed by atoms with Crippen molar-refractivity contribution in [3.8, 4) is 0 Å². The van der Waals surface area contributed by atoms with E-state index in [4.69, 9.17) is 0 Å². The molecule has 0 aliphatic carbocycles. The molecule has 1 aliphatic rings. The van der Waals surface area contributed by atoms with E-state index in [1.165, 1.54) is 11.1 Å². The van der Waals surface area contributed by atoms with Crippen LogP contribution in [0.3, 0.4) is 0 Å². The lowest BCUT2D eigenvalue weighted by atomic mass is 10.1.